The van der Waals surface area contributed by atoms with E-state index >= 15 is 0 Å². The summed E-state index contributed by atoms with van der Waals surface area (Å²) < 4.78 is 0. The number of rotatable bonds is 7. The fourth-order valence-corrected chi connectivity index (χ4v) is 2.83. The molecule has 0 aliphatic carbocycles. The molecule has 0 aromatic heterocycles. The first kappa shape index (κ1) is 18.5. The molecule has 0 aliphatic rings. The molecular formula is C18H31ClN2. The lowest BCUT2D eigenvalue weighted by atomic mass is 9.84. The van der Waals surface area contributed by atoms with E-state index in [-0.39, 0.29) is 5.41 Å². The van der Waals surface area contributed by atoms with Crippen LogP contribution in [0.15, 0.2) is 24.3 Å². The Morgan fingerprint density at radius 3 is 2.48 bits per heavy atom. The van der Waals surface area contributed by atoms with Gasteiger partial charge in [-0.15, -0.1) is 0 Å². The number of nitrogens with zero attached hydrogens (tertiary/aromatic N) is 1. The number of nitrogens with one attached hydrogen (secondary N) is 1. The summed E-state index contributed by atoms with van der Waals surface area (Å²) in [4.78, 5) is 2.40. The summed E-state index contributed by atoms with van der Waals surface area (Å²) in [7, 11) is 2.19. The summed E-state index contributed by atoms with van der Waals surface area (Å²) in [5.74, 6) is 0. The standard InChI is InChI=1S/C18H31ClN2/c1-7-20-17(18(3,4)5)11-12-21(6)14(2)15-9-8-10-16(19)13-15/h8-10,13-14,17,20H,7,11-12H2,1-6H3. The molecule has 1 rings (SSSR count). The van der Waals surface area contributed by atoms with Crippen LogP contribution in [-0.4, -0.2) is 31.1 Å². The quantitative estimate of drug-likeness (QED) is 0.782. The topological polar surface area (TPSA) is 15.3 Å². The van der Waals surface area contributed by atoms with Gasteiger partial charge in [0.1, 0.15) is 0 Å². The van der Waals surface area contributed by atoms with Crippen molar-refractivity contribution in [3.8, 4) is 0 Å². The van der Waals surface area contributed by atoms with Crippen LogP contribution in [0.4, 0.5) is 0 Å². The lowest BCUT2D eigenvalue weighted by molar-refractivity contribution is 0.199. The maximum absolute atomic E-state index is 6.09. The highest BCUT2D eigenvalue weighted by Crippen LogP contribution is 2.25. The first-order valence-electron chi connectivity index (χ1n) is 7.94. The van der Waals surface area contributed by atoms with Crippen molar-refractivity contribution in [2.75, 3.05) is 20.1 Å². The Hall–Kier alpha value is -0.570. The van der Waals surface area contributed by atoms with E-state index in [9.17, 15) is 0 Å². The molecule has 0 radical (unpaired) electrons. The molecule has 3 heteroatoms. The van der Waals surface area contributed by atoms with Gasteiger partial charge >= 0.3 is 0 Å². The molecule has 0 fully saturated rings. The minimum absolute atomic E-state index is 0.288. The molecule has 0 saturated carbocycles. The molecule has 120 valence electrons. The number of hydrogen-bond acceptors (Lipinski definition) is 2. The van der Waals surface area contributed by atoms with E-state index in [4.69, 9.17) is 11.6 Å². The van der Waals surface area contributed by atoms with E-state index in [0.29, 0.717) is 12.1 Å². The second-order valence-electron chi connectivity index (χ2n) is 6.98. The van der Waals surface area contributed by atoms with Crippen LogP contribution in [0, 0.1) is 5.41 Å². The summed E-state index contributed by atoms with van der Waals surface area (Å²) in [5.41, 5.74) is 1.57. The molecule has 1 N–H and O–H groups in total. The Morgan fingerprint density at radius 2 is 1.95 bits per heavy atom. The van der Waals surface area contributed by atoms with E-state index in [1.807, 2.05) is 12.1 Å². The van der Waals surface area contributed by atoms with Crippen molar-refractivity contribution in [3.63, 3.8) is 0 Å². The zero-order valence-electron chi connectivity index (χ0n) is 14.4. The molecule has 1 aromatic carbocycles. The number of halogens is 1. The Morgan fingerprint density at radius 1 is 1.29 bits per heavy atom. The largest absolute Gasteiger partial charge is 0.314 e. The van der Waals surface area contributed by atoms with E-state index < -0.39 is 0 Å². The van der Waals surface area contributed by atoms with Crippen LogP contribution < -0.4 is 5.32 Å². The average molecular weight is 311 g/mol. The van der Waals surface area contributed by atoms with Gasteiger partial charge in [-0.1, -0.05) is 51.4 Å². The maximum Gasteiger partial charge on any atom is 0.0409 e. The van der Waals surface area contributed by atoms with Crippen molar-refractivity contribution in [3.05, 3.63) is 34.9 Å². The SMILES string of the molecule is CCNC(CCN(C)C(C)c1cccc(Cl)c1)C(C)(C)C. The van der Waals surface area contributed by atoms with Gasteiger partial charge in [0.15, 0.2) is 0 Å². The zero-order valence-corrected chi connectivity index (χ0v) is 15.2. The lowest BCUT2D eigenvalue weighted by Crippen LogP contribution is -2.42. The lowest BCUT2D eigenvalue weighted by Gasteiger charge is -2.34. The molecule has 0 bridgehead atoms. The predicted molar refractivity (Wildman–Crippen MR) is 94.0 cm³/mol. The fraction of sp³-hybridized carbons (Fsp3) is 0.667. The predicted octanol–water partition coefficient (Wildman–Crippen LogP) is 4.75. The number of hydrogen-bond donors (Lipinski definition) is 1. The molecule has 0 aliphatic heterocycles. The van der Waals surface area contributed by atoms with Gasteiger partial charge in [0.25, 0.3) is 0 Å². The summed E-state index contributed by atoms with van der Waals surface area (Å²) in [5, 5.41) is 4.43. The Balaban J connectivity index is 2.61. The van der Waals surface area contributed by atoms with Crippen LogP contribution in [0.25, 0.3) is 0 Å². The first-order valence-corrected chi connectivity index (χ1v) is 8.32. The van der Waals surface area contributed by atoms with Crippen molar-refractivity contribution in [1.82, 2.24) is 10.2 Å². The highest BCUT2D eigenvalue weighted by atomic mass is 35.5. The Kier molecular flexibility index (Phi) is 7.19. The zero-order chi connectivity index (χ0) is 16.0. The van der Waals surface area contributed by atoms with E-state index in [1.165, 1.54) is 5.56 Å². The molecule has 2 atom stereocenters. The van der Waals surface area contributed by atoms with Crippen molar-refractivity contribution in [2.45, 2.75) is 53.1 Å². The smallest absolute Gasteiger partial charge is 0.0409 e. The van der Waals surface area contributed by atoms with E-state index in [1.54, 1.807) is 0 Å². The van der Waals surface area contributed by atoms with Crippen molar-refractivity contribution in [2.24, 2.45) is 5.41 Å². The van der Waals surface area contributed by atoms with Crippen molar-refractivity contribution >= 4 is 11.6 Å². The molecule has 21 heavy (non-hydrogen) atoms. The molecule has 0 amide bonds. The minimum atomic E-state index is 0.288. The van der Waals surface area contributed by atoms with Gasteiger partial charge in [-0.2, -0.15) is 0 Å². The molecular weight excluding hydrogens is 280 g/mol. The third-order valence-corrected chi connectivity index (χ3v) is 4.49. The average Bonchev–Trinajstić information content (AvgIpc) is 2.41. The van der Waals surface area contributed by atoms with Gasteiger partial charge in [-0.3, -0.25) is 4.90 Å². The Bertz CT molecular complexity index is 425. The van der Waals surface area contributed by atoms with Crippen molar-refractivity contribution in [1.29, 1.82) is 0 Å². The second kappa shape index (κ2) is 8.17. The van der Waals surface area contributed by atoms with Gasteiger partial charge in [-0.05, 0) is 56.6 Å². The highest BCUT2D eigenvalue weighted by molar-refractivity contribution is 6.30. The third kappa shape index (κ3) is 5.98. The maximum atomic E-state index is 6.09. The monoisotopic (exact) mass is 310 g/mol. The molecule has 0 heterocycles. The molecule has 2 unspecified atom stereocenters. The van der Waals surface area contributed by atoms with Gasteiger partial charge < -0.3 is 5.32 Å². The third-order valence-electron chi connectivity index (χ3n) is 4.26. The van der Waals surface area contributed by atoms with Crippen molar-refractivity contribution < 1.29 is 0 Å². The van der Waals surface area contributed by atoms with Crippen LogP contribution in [-0.2, 0) is 0 Å². The van der Waals surface area contributed by atoms with Gasteiger partial charge in [0.05, 0.1) is 0 Å². The summed E-state index contributed by atoms with van der Waals surface area (Å²) in [6.45, 7) is 13.4. The van der Waals surface area contributed by atoms with Gasteiger partial charge in [-0.25, -0.2) is 0 Å². The highest BCUT2D eigenvalue weighted by Gasteiger charge is 2.24. The minimum Gasteiger partial charge on any atom is -0.314 e. The Labute approximate surface area is 135 Å². The van der Waals surface area contributed by atoms with Crippen LogP contribution in [0.5, 0.6) is 0 Å². The molecule has 0 saturated heterocycles. The normalized spacial score (nSPS) is 15.2. The van der Waals surface area contributed by atoms with Crippen LogP contribution in [0.1, 0.15) is 52.6 Å². The van der Waals surface area contributed by atoms with E-state index in [0.717, 1.165) is 24.5 Å². The second-order valence-corrected chi connectivity index (χ2v) is 7.41. The number of benzene rings is 1. The fourth-order valence-electron chi connectivity index (χ4n) is 2.63. The van der Waals surface area contributed by atoms with Crippen LogP contribution >= 0.6 is 11.6 Å². The first-order chi connectivity index (χ1) is 9.75. The molecule has 2 nitrogen and oxygen atoms in total. The molecule has 0 spiro atoms. The van der Waals surface area contributed by atoms with Gasteiger partial charge in [0, 0.05) is 17.1 Å². The van der Waals surface area contributed by atoms with E-state index in [2.05, 4.69) is 64.0 Å². The summed E-state index contributed by atoms with van der Waals surface area (Å²) >= 11 is 6.09. The molecule has 1 aromatic rings. The van der Waals surface area contributed by atoms with Crippen LogP contribution in [0.3, 0.4) is 0 Å². The van der Waals surface area contributed by atoms with Gasteiger partial charge in [0.2, 0.25) is 0 Å². The van der Waals surface area contributed by atoms with Crippen LogP contribution in [0.2, 0.25) is 5.02 Å². The summed E-state index contributed by atoms with van der Waals surface area (Å²) in [6, 6.07) is 9.09. The summed E-state index contributed by atoms with van der Waals surface area (Å²) in [6.07, 6.45) is 1.15.